The average Bonchev–Trinajstić information content (AvgIpc) is 2.68. The van der Waals surface area contributed by atoms with Crippen LogP contribution in [-0.4, -0.2) is 37.4 Å². The Morgan fingerprint density at radius 3 is 2.11 bits per heavy atom. The van der Waals surface area contributed by atoms with Crippen LogP contribution in [0.15, 0.2) is 49.1 Å². The number of carbonyl (C=O) groups is 3. The highest BCUT2D eigenvalue weighted by molar-refractivity contribution is 6.30. The summed E-state index contributed by atoms with van der Waals surface area (Å²) in [6.45, 7) is 5.35. The topological polar surface area (TPSA) is 78.9 Å². The smallest absolute Gasteiger partial charge is 0.344 e. The lowest BCUT2D eigenvalue weighted by molar-refractivity contribution is -0.145. The van der Waals surface area contributed by atoms with Gasteiger partial charge in [0.1, 0.15) is 18.1 Å². The zero-order chi connectivity index (χ0) is 19.4. The summed E-state index contributed by atoms with van der Waals surface area (Å²) in [5.74, 6) is -0.788. The number of hydrogen-bond acceptors (Lipinski definition) is 6. The molecule has 0 saturated heterocycles. The molecule has 3 rings (SSSR count). The monoisotopic (exact) mass is 366 g/mol. The zero-order valence-electron chi connectivity index (χ0n) is 14.8. The van der Waals surface area contributed by atoms with Crippen LogP contribution in [0.25, 0.3) is 0 Å². The van der Waals surface area contributed by atoms with Crippen LogP contribution in [-0.2, 0) is 9.53 Å². The molecule has 0 radical (unpaired) electrons. The Hall–Kier alpha value is -3.41. The van der Waals surface area contributed by atoms with Crippen LogP contribution in [0.1, 0.15) is 38.8 Å². The largest absolute Gasteiger partial charge is 0.489 e. The fourth-order valence-corrected chi connectivity index (χ4v) is 2.91. The molecule has 0 atom stereocenters. The van der Waals surface area contributed by atoms with E-state index in [1.807, 2.05) is 0 Å². The van der Waals surface area contributed by atoms with E-state index in [9.17, 15) is 14.4 Å². The van der Waals surface area contributed by atoms with Gasteiger partial charge >= 0.3 is 5.97 Å². The maximum Gasteiger partial charge on any atom is 0.344 e. The summed E-state index contributed by atoms with van der Waals surface area (Å²) in [6, 6.07) is 9.59. The van der Waals surface area contributed by atoms with Crippen molar-refractivity contribution in [1.82, 2.24) is 0 Å². The molecule has 27 heavy (non-hydrogen) atoms. The fourth-order valence-electron chi connectivity index (χ4n) is 2.91. The summed E-state index contributed by atoms with van der Waals surface area (Å²) in [5.41, 5.74) is 0.810. The minimum Gasteiger partial charge on any atom is -0.489 e. The standard InChI is InChI=1S/C21H18O6/c1-3-11-26-15-9-5-7-13-18(15)21(24)19-14(20(13)23)8-6-10-16(19)27-12-17(22)25-4-2/h3,5-10H,1,4,11-12H2,2H3. The van der Waals surface area contributed by atoms with Gasteiger partial charge in [0, 0.05) is 11.1 Å². The quantitative estimate of drug-likeness (QED) is 0.472. The van der Waals surface area contributed by atoms with Gasteiger partial charge < -0.3 is 14.2 Å². The van der Waals surface area contributed by atoms with Crippen molar-refractivity contribution < 1.29 is 28.6 Å². The molecule has 0 bridgehead atoms. The number of carbonyl (C=O) groups excluding carboxylic acids is 3. The Bertz CT molecular complexity index is 928. The summed E-state index contributed by atoms with van der Waals surface area (Å²) >= 11 is 0. The lowest BCUT2D eigenvalue weighted by Crippen LogP contribution is -2.24. The maximum atomic E-state index is 13.2. The van der Waals surface area contributed by atoms with Gasteiger partial charge in [-0.15, -0.1) is 0 Å². The molecular formula is C21H18O6. The molecule has 0 heterocycles. The van der Waals surface area contributed by atoms with Crippen LogP contribution in [0.4, 0.5) is 0 Å². The van der Waals surface area contributed by atoms with Gasteiger partial charge in [0.15, 0.2) is 12.4 Å². The minimum atomic E-state index is -0.555. The molecule has 138 valence electrons. The van der Waals surface area contributed by atoms with E-state index in [0.717, 1.165) is 0 Å². The van der Waals surface area contributed by atoms with Crippen molar-refractivity contribution in [1.29, 1.82) is 0 Å². The van der Waals surface area contributed by atoms with Crippen molar-refractivity contribution in [3.8, 4) is 11.5 Å². The third kappa shape index (κ3) is 3.46. The fraction of sp³-hybridized carbons (Fsp3) is 0.190. The van der Waals surface area contributed by atoms with E-state index < -0.39 is 11.8 Å². The molecule has 1 aliphatic rings. The predicted octanol–water partition coefficient (Wildman–Crippen LogP) is 2.97. The number of benzene rings is 2. The SMILES string of the molecule is C=CCOc1cccc2c1C(=O)c1c(OCC(=O)OCC)cccc1C2=O. The first-order chi connectivity index (χ1) is 13.1. The number of esters is 1. The van der Waals surface area contributed by atoms with Gasteiger partial charge in [-0.25, -0.2) is 4.79 Å². The lowest BCUT2D eigenvalue weighted by atomic mass is 9.83. The molecule has 2 aromatic carbocycles. The van der Waals surface area contributed by atoms with Crippen molar-refractivity contribution in [3.63, 3.8) is 0 Å². The van der Waals surface area contributed by atoms with Crippen molar-refractivity contribution in [2.75, 3.05) is 19.8 Å². The Morgan fingerprint density at radius 2 is 1.56 bits per heavy atom. The van der Waals surface area contributed by atoms with Gasteiger partial charge in [0.2, 0.25) is 5.78 Å². The highest BCUT2D eigenvalue weighted by Crippen LogP contribution is 2.37. The number of hydrogen-bond donors (Lipinski definition) is 0. The first-order valence-electron chi connectivity index (χ1n) is 8.46. The normalized spacial score (nSPS) is 12.0. The molecule has 1 aliphatic carbocycles. The average molecular weight is 366 g/mol. The molecule has 0 unspecified atom stereocenters. The van der Waals surface area contributed by atoms with E-state index in [1.165, 1.54) is 0 Å². The van der Waals surface area contributed by atoms with Crippen LogP contribution >= 0.6 is 0 Å². The summed E-state index contributed by atoms with van der Waals surface area (Å²) < 4.78 is 15.9. The maximum absolute atomic E-state index is 13.2. The van der Waals surface area contributed by atoms with E-state index >= 15 is 0 Å². The Balaban J connectivity index is 2.03. The van der Waals surface area contributed by atoms with Crippen LogP contribution in [0.3, 0.4) is 0 Å². The summed E-state index contributed by atoms with van der Waals surface area (Å²) in [5, 5.41) is 0. The lowest BCUT2D eigenvalue weighted by Gasteiger charge is -2.22. The first kappa shape index (κ1) is 18.4. The van der Waals surface area contributed by atoms with Gasteiger partial charge in [-0.05, 0) is 19.1 Å². The number of rotatable bonds is 7. The third-order valence-corrected chi connectivity index (χ3v) is 4.00. The molecule has 0 N–H and O–H groups in total. The molecule has 6 heteroatoms. The Kier molecular flexibility index (Phi) is 5.35. The molecule has 2 aromatic rings. The van der Waals surface area contributed by atoms with Gasteiger partial charge in [0.25, 0.3) is 0 Å². The third-order valence-electron chi connectivity index (χ3n) is 4.00. The molecule has 0 saturated carbocycles. The first-order valence-corrected chi connectivity index (χ1v) is 8.46. The minimum absolute atomic E-state index is 0.119. The second kappa shape index (κ2) is 7.86. The van der Waals surface area contributed by atoms with Crippen molar-refractivity contribution in [3.05, 3.63) is 71.3 Å². The number of fused-ring (bicyclic) bond motifs is 2. The van der Waals surface area contributed by atoms with Gasteiger partial charge in [-0.3, -0.25) is 9.59 Å². The highest BCUT2D eigenvalue weighted by atomic mass is 16.6. The van der Waals surface area contributed by atoms with Crippen molar-refractivity contribution in [2.45, 2.75) is 6.92 Å². The van der Waals surface area contributed by atoms with Crippen LogP contribution in [0.5, 0.6) is 11.5 Å². The van der Waals surface area contributed by atoms with E-state index in [4.69, 9.17) is 14.2 Å². The van der Waals surface area contributed by atoms with Crippen molar-refractivity contribution in [2.24, 2.45) is 0 Å². The molecule has 6 nitrogen and oxygen atoms in total. The highest BCUT2D eigenvalue weighted by Gasteiger charge is 2.34. The van der Waals surface area contributed by atoms with E-state index in [2.05, 4.69) is 6.58 Å². The summed E-state index contributed by atoms with van der Waals surface area (Å²) in [7, 11) is 0. The van der Waals surface area contributed by atoms with Crippen molar-refractivity contribution >= 4 is 17.5 Å². The van der Waals surface area contributed by atoms with Crippen LogP contribution in [0, 0.1) is 0 Å². The molecule has 0 spiro atoms. The van der Waals surface area contributed by atoms with E-state index in [-0.39, 0.29) is 53.6 Å². The van der Waals surface area contributed by atoms with E-state index in [1.54, 1.807) is 49.4 Å². The van der Waals surface area contributed by atoms with Crippen LogP contribution in [0.2, 0.25) is 0 Å². The van der Waals surface area contributed by atoms with E-state index in [0.29, 0.717) is 5.75 Å². The molecule has 0 aliphatic heterocycles. The molecule has 0 amide bonds. The number of ether oxygens (including phenoxy) is 3. The second-order valence-corrected chi connectivity index (χ2v) is 5.71. The zero-order valence-corrected chi connectivity index (χ0v) is 14.8. The van der Waals surface area contributed by atoms with Gasteiger partial charge in [0.05, 0.1) is 17.7 Å². The summed E-state index contributed by atoms with van der Waals surface area (Å²) in [6.07, 6.45) is 1.55. The molecule has 0 aromatic heterocycles. The molecular weight excluding hydrogens is 348 g/mol. The van der Waals surface area contributed by atoms with Crippen LogP contribution < -0.4 is 9.47 Å². The molecule has 0 fully saturated rings. The number of ketones is 2. The predicted molar refractivity (Wildman–Crippen MR) is 97.6 cm³/mol. The van der Waals surface area contributed by atoms with Gasteiger partial charge in [-0.2, -0.15) is 0 Å². The Morgan fingerprint density at radius 1 is 0.963 bits per heavy atom. The Labute approximate surface area is 156 Å². The summed E-state index contributed by atoms with van der Waals surface area (Å²) in [4.78, 5) is 37.6. The second-order valence-electron chi connectivity index (χ2n) is 5.71. The van der Waals surface area contributed by atoms with Gasteiger partial charge in [-0.1, -0.05) is 36.9 Å².